The minimum absolute atomic E-state index is 0.00464. The van der Waals surface area contributed by atoms with Gasteiger partial charge in [0.15, 0.2) is 0 Å². The second kappa shape index (κ2) is 9.16. The Hall–Kier alpha value is -2.45. The fraction of sp³-hybridized carbons (Fsp3) is 0.550. The van der Waals surface area contributed by atoms with Crippen LogP contribution in [-0.2, 0) is 11.3 Å². The summed E-state index contributed by atoms with van der Waals surface area (Å²) >= 11 is 0. The highest BCUT2D eigenvalue weighted by molar-refractivity contribution is 5.94. The molecule has 1 aromatic heterocycles. The summed E-state index contributed by atoms with van der Waals surface area (Å²) in [6, 6.07) is 9.88. The molecule has 1 amide bonds. The molecule has 1 aliphatic heterocycles. The van der Waals surface area contributed by atoms with Gasteiger partial charge in [-0.1, -0.05) is 35.5 Å². The number of ether oxygens (including phenoxy) is 2. The van der Waals surface area contributed by atoms with Crippen LogP contribution in [0.4, 0.5) is 0 Å². The first-order chi connectivity index (χ1) is 13.5. The third kappa shape index (κ3) is 4.88. The summed E-state index contributed by atoms with van der Waals surface area (Å²) in [7, 11) is 5.64. The van der Waals surface area contributed by atoms with Gasteiger partial charge in [0.25, 0.3) is 5.91 Å². The van der Waals surface area contributed by atoms with Gasteiger partial charge in [-0.25, -0.2) is 4.68 Å². The van der Waals surface area contributed by atoms with E-state index >= 15 is 0 Å². The fourth-order valence-electron chi connectivity index (χ4n) is 3.73. The monoisotopic (exact) mass is 387 g/mol. The van der Waals surface area contributed by atoms with E-state index in [9.17, 15) is 4.79 Å². The fourth-order valence-corrected chi connectivity index (χ4v) is 3.73. The van der Waals surface area contributed by atoms with E-state index in [0.717, 1.165) is 38.2 Å². The molecule has 28 heavy (non-hydrogen) atoms. The molecule has 2 aromatic rings. The summed E-state index contributed by atoms with van der Waals surface area (Å²) in [6.07, 6.45) is 1.84. The zero-order chi connectivity index (χ0) is 20.0. The number of amides is 1. The minimum Gasteiger partial charge on any atom is -0.479 e. The molecule has 8 nitrogen and oxygen atoms in total. The van der Waals surface area contributed by atoms with Crippen molar-refractivity contribution in [2.75, 3.05) is 47.5 Å². The molecule has 0 spiro atoms. The predicted octanol–water partition coefficient (Wildman–Crippen LogP) is 1.42. The van der Waals surface area contributed by atoms with Crippen molar-refractivity contribution >= 4 is 5.91 Å². The van der Waals surface area contributed by atoms with Crippen LogP contribution in [0.1, 0.15) is 28.9 Å². The van der Waals surface area contributed by atoms with Gasteiger partial charge in [0.05, 0.1) is 13.7 Å². The summed E-state index contributed by atoms with van der Waals surface area (Å²) in [6.45, 7) is 3.41. The molecule has 1 N–H and O–H groups in total. The standard InChI is InChI=1S/C20H29N5O3/c1-24(2)15-20(9-11-28-12-10-20)14-21-18(26)17-19(27-3)25(23-22-17)13-16-7-5-4-6-8-16/h4-8H,9-15H2,1-3H3,(H,21,26). The number of hydrogen-bond donors (Lipinski definition) is 1. The summed E-state index contributed by atoms with van der Waals surface area (Å²) in [4.78, 5) is 15.0. The Labute approximate surface area is 165 Å². The summed E-state index contributed by atoms with van der Waals surface area (Å²) in [5.74, 6) is 0.107. The van der Waals surface area contributed by atoms with Crippen molar-refractivity contribution < 1.29 is 14.3 Å². The van der Waals surface area contributed by atoms with Crippen LogP contribution in [0.2, 0.25) is 0 Å². The highest BCUT2D eigenvalue weighted by Crippen LogP contribution is 2.30. The lowest BCUT2D eigenvalue weighted by Gasteiger charge is -2.39. The molecule has 2 heterocycles. The number of carbonyl (C=O) groups excluding carboxylic acids is 1. The number of nitrogens with zero attached hydrogens (tertiary/aromatic N) is 4. The van der Waals surface area contributed by atoms with Gasteiger partial charge in [0, 0.05) is 31.7 Å². The van der Waals surface area contributed by atoms with Crippen molar-refractivity contribution in [1.29, 1.82) is 0 Å². The maximum atomic E-state index is 12.8. The quantitative estimate of drug-likeness (QED) is 0.738. The number of rotatable bonds is 8. The third-order valence-corrected chi connectivity index (χ3v) is 5.10. The van der Waals surface area contributed by atoms with Crippen LogP contribution in [0.5, 0.6) is 5.88 Å². The van der Waals surface area contributed by atoms with E-state index in [1.807, 2.05) is 30.3 Å². The van der Waals surface area contributed by atoms with E-state index in [4.69, 9.17) is 9.47 Å². The van der Waals surface area contributed by atoms with E-state index in [1.165, 1.54) is 7.11 Å². The van der Waals surface area contributed by atoms with Gasteiger partial charge in [-0.15, -0.1) is 5.10 Å². The van der Waals surface area contributed by atoms with Crippen molar-refractivity contribution in [3.05, 3.63) is 41.6 Å². The first kappa shape index (κ1) is 20.3. The molecule has 1 fully saturated rings. The Morgan fingerprint density at radius 1 is 1.29 bits per heavy atom. The predicted molar refractivity (Wildman–Crippen MR) is 105 cm³/mol. The molecule has 0 unspecified atom stereocenters. The molecule has 1 aliphatic rings. The van der Waals surface area contributed by atoms with Crippen LogP contribution >= 0.6 is 0 Å². The smallest absolute Gasteiger partial charge is 0.277 e. The van der Waals surface area contributed by atoms with E-state index < -0.39 is 0 Å². The van der Waals surface area contributed by atoms with Crippen molar-refractivity contribution in [3.8, 4) is 5.88 Å². The van der Waals surface area contributed by atoms with Crippen LogP contribution < -0.4 is 10.1 Å². The van der Waals surface area contributed by atoms with Crippen LogP contribution in [0.15, 0.2) is 30.3 Å². The van der Waals surface area contributed by atoms with Gasteiger partial charge < -0.3 is 19.7 Å². The Morgan fingerprint density at radius 2 is 2.00 bits per heavy atom. The Morgan fingerprint density at radius 3 is 2.64 bits per heavy atom. The van der Waals surface area contributed by atoms with E-state index in [2.05, 4.69) is 34.6 Å². The van der Waals surface area contributed by atoms with Gasteiger partial charge in [-0.2, -0.15) is 0 Å². The summed E-state index contributed by atoms with van der Waals surface area (Å²) in [5.41, 5.74) is 1.28. The Kier molecular flexibility index (Phi) is 6.64. The molecule has 3 rings (SSSR count). The van der Waals surface area contributed by atoms with Crippen molar-refractivity contribution in [3.63, 3.8) is 0 Å². The summed E-state index contributed by atoms with van der Waals surface area (Å²) < 4.78 is 12.6. The average Bonchev–Trinajstić information content (AvgIpc) is 3.10. The van der Waals surface area contributed by atoms with Crippen molar-refractivity contribution in [1.82, 2.24) is 25.2 Å². The van der Waals surface area contributed by atoms with Crippen LogP contribution in [0.25, 0.3) is 0 Å². The molecule has 1 aromatic carbocycles. The lowest BCUT2D eigenvalue weighted by Crippen LogP contribution is -2.47. The topological polar surface area (TPSA) is 81.5 Å². The van der Waals surface area contributed by atoms with Gasteiger partial charge >= 0.3 is 0 Å². The highest BCUT2D eigenvalue weighted by atomic mass is 16.5. The lowest BCUT2D eigenvalue weighted by atomic mass is 9.79. The van der Waals surface area contributed by atoms with Gasteiger partial charge in [-0.3, -0.25) is 4.79 Å². The Balaban J connectivity index is 1.70. The SMILES string of the molecule is COc1c(C(=O)NCC2(CN(C)C)CCOCC2)nnn1Cc1ccccc1. The lowest BCUT2D eigenvalue weighted by molar-refractivity contribution is 0.00281. The maximum Gasteiger partial charge on any atom is 0.277 e. The largest absolute Gasteiger partial charge is 0.479 e. The number of benzene rings is 1. The van der Waals surface area contributed by atoms with Gasteiger partial charge in [0.2, 0.25) is 11.6 Å². The molecule has 1 saturated heterocycles. The molecule has 0 saturated carbocycles. The molecule has 152 valence electrons. The number of hydrogen-bond acceptors (Lipinski definition) is 6. The van der Waals surface area contributed by atoms with Crippen LogP contribution in [0.3, 0.4) is 0 Å². The second-order valence-electron chi connectivity index (χ2n) is 7.62. The zero-order valence-electron chi connectivity index (χ0n) is 16.9. The minimum atomic E-state index is -0.263. The zero-order valence-corrected chi connectivity index (χ0v) is 16.9. The first-order valence-electron chi connectivity index (χ1n) is 9.55. The maximum absolute atomic E-state index is 12.8. The average molecular weight is 387 g/mol. The molecule has 0 atom stereocenters. The molecule has 0 radical (unpaired) electrons. The van der Waals surface area contributed by atoms with Gasteiger partial charge in [0.1, 0.15) is 0 Å². The third-order valence-electron chi connectivity index (χ3n) is 5.10. The van der Waals surface area contributed by atoms with Gasteiger partial charge in [-0.05, 0) is 32.5 Å². The van der Waals surface area contributed by atoms with E-state index in [1.54, 1.807) is 4.68 Å². The summed E-state index contributed by atoms with van der Waals surface area (Å²) in [5, 5.41) is 11.2. The molecule has 0 bridgehead atoms. The van der Waals surface area contributed by atoms with E-state index in [0.29, 0.717) is 19.0 Å². The number of nitrogens with one attached hydrogen (secondary N) is 1. The highest BCUT2D eigenvalue weighted by Gasteiger charge is 2.34. The van der Waals surface area contributed by atoms with Crippen LogP contribution in [0, 0.1) is 5.41 Å². The number of methoxy groups -OCH3 is 1. The number of carbonyl (C=O) groups is 1. The first-order valence-corrected chi connectivity index (χ1v) is 9.55. The molecular weight excluding hydrogens is 358 g/mol. The molecule has 8 heteroatoms. The normalized spacial score (nSPS) is 16.1. The number of aromatic nitrogens is 3. The van der Waals surface area contributed by atoms with Crippen LogP contribution in [-0.4, -0.2) is 73.3 Å². The van der Waals surface area contributed by atoms with E-state index in [-0.39, 0.29) is 17.0 Å². The second-order valence-corrected chi connectivity index (χ2v) is 7.62. The van der Waals surface area contributed by atoms with Crippen molar-refractivity contribution in [2.45, 2.75) is 19.4 Å². The molecule has 0 aliphatic carbocycles. The molecular formula is C20H29N5O3. The Bertz CT molecular complexity index is 769. The van der Waals surface area contributed by atoms with Crippen molar-refractivity contribution in [2.24, 2.45) is 5.41 Å².